The van der Waals surface area contributed by atoms with Gasteiger partial charge in [0.1, 0.15) is 12.7 Å². The third-order valence-electron chi connectivity index (χ3n) is 23.1. The summed E-state index contributed by atoms with van der Waals surface area (Å²) in [5.41, 5.74) is 10.4. The van der Waals surface area contributed by atoms with E-state index in [2.05, 4.69) is 206 Å². The summed E-state index contributed by atoms with van der Waals surface area (Å²) in [4.78, 5) is 29.6. The van der Waals surface area contributed by atoms with Gasteiger partial charge in [-0.2, -0.15) is 0 Å². The number of aliphatic carboxylic acids is 1. The Kier molecular flexibility index (Phi) is 24.2. The zero-order chi connectivity index (χ0) is 66.2. The lowest BCUT2D eigenvalue weighted by molar-refractivity contribution is -0.208. The van der Waals surface area contributed by atoms with E-state index in [1.807, 2.05) is 20.8 Å². The Morgan fingerprint density at radius 3 is 1.26 bits per heavy atom. The Balaban J connectivity index is 0.000000318. The number of amides is 1. The van der Waals surface area contributed by atoms with Gasteiger partial charge in [0.2, 0.25) is 5.91 Å². The van der Waals surface area contributed by atoms with E-state index in [0.717, 1.165) is 88.2 Å². The normalized spacial score (nSPS) is 29.8. The van der Waals surface area contributed by atoms with Gasteiger partial charge in [-0.05, 0) is 221 Å². The maximum absolute atomic E-state index is 12.3. The molecular weight excluding hydrogens is 1150 g/mol. The predicted molar refractivity (Wildman–Crippen MR) is 375 cm³/mol. The standard InChI is InChI=1S/C38H67NO4Si2.C35H60O5Si2/c1-26(2)39(29(5)40)41-28(4)33-21-22-34-30(18-17-23-38(33,34)12)19-20-31-24-32(42-44(13,14)36(6,7)8)25-35(27(31)3)43-45(15,16)37(9,10)11;1-24-27(17-16-26-15-14-20-35(9)29(18-19-30(26)35)25(2)38-23-32(36)37)21-28(39-41(10,11)33(3,4)5)22-31(24)40-42(12,13)34(6,7)8/h19-21,26,28,32,34-35H,3,17-18,22-25H2,1-2,4-16H3;16-18,25,28,30-31H,1,14-15,19-23H2,2-13H3,(H,36,37)/t28-,32+,34?,35-,38+;25-,28+,30?,31-,35+/m00/s1. The number of hydrogen-bond donors (Lipinski definition) is 1. The Hall–Kier alpha value is -2.51. The molecule has 0 aromatic carbocycles. The predicted octanol–water partition coefficient (Wildman–Crippen LogP) is 20.3. The van der Waals surface area contributed by atoms with Gasteiger partial charge in [0.05, 0.1) is 36.6 Å². The molecule has 0 aromatic rings. The number of carboxylic acid groups (broad SMARTS) is 1. The molecule has 87 heavy (non-hydrogen) atoms. The molecule has 14 heteroatoms. The smallest absolute Gasteiger partial charge is 0.329 e. The van der Waals surface area contributed by atoms with Gasteiger partial charge in [-0.15, -0.1) is 0 Å². The van der Waals surface area contributed by atoms with Crippen LogP contribution in [0.2, 0.25) is 72.5 Å². The second-order valence-corrected chi connectivity index (χ2v) is 53.0. The van der Waals surface area contributed by atoms with E-state index in [0.29, 0.717) is 11.8 Å². The number of nitrogens with zero attached hydrogens (tertiary/aromatic N) is 1. The Morgan fingerprint density at radius 1 is 0.598 bits per heavy atom. The molecule has 0 bridgehead atoms. The number of hydroxylamine groups is 2. The highest BCUT2D eigenvalue weighted by Gasteiger charge is 2.51. The molecule has 6 rings (SSSR count). The fourth-order valence-corrected chi connectivity index (χ4v) is 18.9. The fourth-order valence-electron chi connectivity index (χ4n) is 13.6. The third-order valence-corrected chi connectivity index (χ3v) is 41.1. The molecule has 6 aliphatic rings. The van der Waals surface area contributed by atoms with E-state index >= 15 is 0 Å². The summed E-state index contributed by atoms with van der Waals surface area (Å²) in [6.07, 6.45) is 26.3. The first kappa shape index (κ1) is 75.2. The summed E-state index contributed by atoms with van der Waals surface area (Å²) in [5.74, 6) is -0.0986. The van der Waals surface area contributed by atoms with E-state index in [1.54, 1.807) is 6.92 Å². The minimum absolute atomic E-state index is 0.00137. The van der Waals surface area contributed by atoms with Crippen LogP contribution in [-0.2, 0) is 36.9 Å². The average Bonchev–Trinajstić information content (AvgIpc) is 1.70. The maximum Gasteiger partial charge on any atom is 0.329 e. The molecule has 1 N–H and O–H groups in total. The Labute approximate surface area is 536 Å². The third kappa shape index (κ3) is 17.8. The highest BCUT2D eigenvalue weighted by Crippen LogP contribution is 2.58. The van der Waals surface area contributed by atoms with Crippen molar-refractivity contribution in [2.45, 2.75) is 324 Å². The summed E-state index contributed by atoms with van der Waals surface area (Å²) >= 11 is 0. The molecule has 494 valence electrons. The fraction of sp³-hybridized carbons (Fsp3) is 0.753. The van der Waals surface area contributed by atoms with Gasteiger partial charge < -0.3 is 27.5 Å². The molecule has 4 fully saturated rings. The minimum Gasteiger partial charge on any atom is -0.480 e. The molecule has 4 saturated carbocycles. The van der Waals surface area contributed by atoms with E-state index in [9.17, 15) is 9.59 Å². The first-order valence-electron chi connectivity index (χ1n) is 33.6. The molecule has 0 saturated heterocycles. The van der Waals surface area contributed by atoms with Gasteiger partial charge in [0, 0.05) is 19.8 Å². The van der Waals surface area contributed by atoms with Crippen LogP contribution in [0.1, 0.15) is 209 Å². The van der Waals surface area contributed by atoms with Crippen molar-refractivity contribution in [2.75, 3.05) is 6.61 Å². The van der Waals surface area contributed by atoms with Crippen molar-refractivity contribution in [3.8, 4) is 0 Å². The summed E-state index contributed by atoms with van der Waals surface area (Å²) in [6.45, 7) is 70.0. The van der Waals surface area contributed by atoms with Crippen LogP contribution in [0.4, 0.5) is 0 Å². The highest BCUT2D eigenvalue weighted by atomic mass is 28.4. The van der Waals surface area contributed by atoms with Crippen molar-refractivity contribution in [1.29, 1.82) is 0 Å². The van der Waals surface area contributed by atoms with Gasteiger partial charge in [-0.1, -0.05) is 158 Å². The van der Waals surface area contributed by atoms with Crippen molar-refractivity contribution >= 4 is 45.1 Å². The van der Waals surface area contributed by atoms with Crippen molar-refractivity contribution in [3.63, 3.8) is 0 Å². The second-order valence-electron chi connectivity index (χ2n) is 34.0. The van der Waals surface area contributed by atoms with E-state index in [-0.39, 0.29) is 86.2 Å². The molecule has 1 amide bonds. The summed E-state index contributed by atoms with van der Waals surface area (Å²) in [6, 6.07) is 0.00137. The molecular formula is C73H127NO9Si4. The van der Waals surface area contributed by atoms with Crippen LogP contribution in [0.3, 0.4) is 0 Å². The highest BCUT2D eigenvalue weighted by molar-refractivity contribution is 6.75. The molecule has 2 unspecified atom stereocenters. The van der Waals surface area contributed by atoms with Crippen molar-refractivity contribution < 1.29 is 42.0 Å². The van der Waals surface area contributed by atoms with Crippen LogP contribution >= 0.6 is 0 Å². The van der Waals surface area contributed by atoms with E-state index in [1.165, 1.54) is 38.5 Å². The van der Waals surface area contributed by atoms with Gasteiger partial charge in [0.15, 0.2) is 33.3 Å². The van der Waals surface area contributed by atoms with E-state index in [4.69, 9.17) is 32.4 Å². The molecule has 0 aromatic heterocycles. The number of ether oxygens (including phenoxy) is 1. The van der Waals surface area contributed by atoms with Crippen molar-refractivity contribution in [1.82, 2.24) is 5.06 Å². The van der Waals surface area contributed by atoms with Crippen LogP contribution < -0.4 is 0 Å². The van der Waals surface area contributed by atoms with Crippen molar-refractivity contribution in [3.05, 3.63) is 94.2 Å². The summed E-state index contributed by atoms with van der Waals surface area (Å²) in [7, 11) is -7.93. The minimum atomic E-state index is -2.01. The molecule has 10 atom stereocenters. The topological polar surface area (TPSA) is 113 Å². The average molecular weight is 1280 g/mol. The van der Waals surface area contributed by atoms with Gasteiger partial charge >= 0.3 is 5.97 Å². The lowest BCUT2D eigenvalue weighted by Gasteiger charge is -2.45. The Bertz CT molecular complexity index is 2680. The SMILES string of the molecule is C=C1C(=CC=C2CCC[C@]3(C)C([C@H](C)OCC(=O)O)=CCC23)C[C@@H](O[Si](C)(C)C(C)(C)C)C[C@@H]1O[Si](C)(C)C(C)(C)C.C=C1C(=CC=C2CCC[C@]3(C)C([C@H](C)ON(C(C)=O)C(C)C)=CCC23)C[C@@H](O[Si](C)(C)C(C)(C)C)C[C@@H]1O[Si](C)(C)C(C)(C)C. The van der Waals surface area contributed by atoms with Crippen LogP contribution in [0.15, 0.2) is 94.2 Å². The van der Waals surface area contributed by atoms with Crippen LogP contribution in [0.25, 0.3) is 0 Å². The van der Waals surface area contributed by atoms with Gasteiger partial charge in [-0.25, -0.2) is 9.86 Å². The van der Waals surface area contributed by atoms with Crippen LogP contribution in [0, 0.1) is 22.7 Å². The molecule has 0 spiro atoms. The number of carbonyl (C=O) groups excluding carboxylic acids is 1. The number of allylic oxidation sites excluding steroid dienone is 8. The van der Waals surface area contributed by atoms with Crippen molar-refractivity contribution in [2.24, 2.45) is 22.7 Å². The molecule has 6 aliphatic carbocycles. The Morgan fingerprint density at radius 2 is 0.943 bits per heavy atom. The molecule has 10 nitrogen and oxygen atoms in total. The summed E-state index contributed by atoms with van der Waals surface area (Å²) in [5, 5.41) is 11.2. The monoisotopic (exact) mass is 1270 g/mol. The lowest BCUT2D eigenvalue weighted by Crippen LogP contribution is -2.49. The second kappa shape index (κ2) is 28.0. The zero-order valence-electron chi connectivity index (χ0n) is 60.4. The first-order valence-corrected chi connectivity index (χ1v) is 45.2. The van der Waals surface area contributed by atoms with E-state index < -0.39 is 39.2 Å². The van der Waals surface area contributed by atoms with Gasteiger partial charge in [-0.3, -0.25) is 9.63 Å². The number of hydrogen-bond acceptors (Lipinski definition) is 8. The molecule has 0 aliphatic heterocycles. The van der Waals surface area contributed by atoms with Gasteiger partial charge in [0.25, 0.3) is 0 Å². The molecule has 0 heterocycles. The largest absolute Gasteiger partial charge is 0.480 e. The lowest BCUT2D eigenvalue weighted by atomic mass is 9.63. The quantitative estimate of drug-likeness (QED) is 0.0814. The van der Waals surface area contributed by atoms with Crippen LogP contribution in [0.5, 0.6) is 0 Å². The number of rotatable bonds is 18. The molecule has 0 radical (unpaired) electrons. The summed E-state index contributed by atoms with van der Waals surface area (Å²) < 4.78 is 33.9. The number of carboxylic acids is 1. The number of carbonyl (C=O) groups is 2. The first-order chi connectivity index (χ1) is 39.5. The number of fused-ring (bicyclic) bond motifs is 2. The zero-order valence-corrected chi connectivity index (χ0v) is 64.4. The maximum atomic E-state index is 12.3. The van der Waals surface area contributed by atoms with Crippen LogP contribution in [-0.4, -0.2) is 105 Å².